The van der Waals surface area contributed by atoms with Gasteiger partial charge in [-0.05, 0) is 42.8 Å². The van der Waals surface area contributed by atoms with Gasteiger partial charge in [0.1, 0.15) is 28.4 Å². The van der Waals surface area contributed by atoms with E-state index in [0.717, 1.165) is 29.9 Å². The molecule has 1 unspecified atom stereocenters. The Morgan fingerprint density at radius 2 is 1.75 bits per heavy atom. The highest BCUT2D eigenvalue weighted by Gasteiger charge is 2.25. The van der Waals surface area contributed by atoms with Gasteiger partial charge in [-0.25, -0.2) is 4.98 Å². The topological polar surface area (TPSA) is 92.4 Å². The molecule has 162 valence electrons. The molecule has 0 spiro atoms. The molecule has 8 heteroatoms. The van der Waals surface area contributed by atoms with Gasteiger partial charge in [0.2, 0.25) is 5.91 Å². The molecule has 2 aromatic carbocycles. The lowest BCUT2D eigenvalue weighted by molar-refractivity contribution is -0.127. The molecular weight excluding hydrogens is 406 g/mol. The third-order valence-corrected chi connectivity index (χ3v) is 5.43. The lowest BCUT2D eigenvalue weighted by Gasteiger charge is -2.15. The average Bonchev–Trinajstić information content (AvgIpc) is 3.44. The molecule has 1 aliphatic heterocycles. The first kappa shape index (κ1) is 19.9. The number of anilines is 1. The third-order valence-electron chi connectivity index (χ3n) is 5.43. The van der Waals surface area contributed by atoms with Crippen LogP contribution in [-0.2, 0) is 4.79 Å². The van der Waals surface area contributed by atoms with Crippen molar-refractivity contribution >= 4 is 22.8 Å². The van der Waals surface area contributed by atoms with Crippen LogP contribution in [0.15, 0.2) is 66.9 Å². The van der Waals surface area contributed by atoms with Gasteiger partial charge < -0.3 is 19.7 Å². The summed E-state index contributed by atoms with van der Waals surface area (Å²) in [7, 11) is 0. The Morgan fingerprint density at radius 3 is 2.47 bits per heavy atom. The van der Waals surface area contributed by atoms with Crippen LogP contribution in [0, 0.1) is 0 Å². The lowest BCUT2D eigenvalue weighted by atomic mass is 10.2. The van der Waals surface area contributed by atoms with Crippen molar-refractivity contribution in [2.24, 2.45) is 0 Å². The van der Waals surface area contributed by atoms with Crippen LogP contribution in [-0.4, -0.2) is 45.1 Å². The number of amides is 1. The standard InChI is InChI=1S/C24H23N5O3/c1-16(30)29-14-12-17(15-29)26-24-22-21(11-13-25-23(22)27-28-24)32-20-9-7-19(8-10-20)31-18-5-3-2-4-6-18/h2-11,13,17H,12,14-15H2,1H3,(H2,25,26,27,28). The van der Waals surface area contributed by atoms with E-state index in [2.05, 4.69) is 20.5 Å². The minimum atomic E-state index is 0.0894. The Labute approximate surface area is 185 Å². The minimum absolute atomic E-state index is 0.0894. The Bertz CT molecular complexity index is 1220. The van der Waals surface area contributed by atoms with E-state index >= 15 is 0 Å². The van der Waals surface area contributed by atoms with Gasteiger partial charge in [0, 0.05) is 38.3 Å². The van der Waals surface area contributed by atoms with Gasteiger partial charge in [0.15, 0.2) is 11.5 Å². The maximum absolute atomic E-state index is 11.6. The van der Waals surface area contributed by atoms with Crippen LogP contribution in [0.5, 0.6) is 23.0 Å². The number of carbonyl (C=O) groups excluding carboxylic acids is 1. The zero-order valence-electron chi connectivity index (χ0n) is 17.6. The van der Waals surface area contributed by atoms with E-state index in [0.29, 0.717) is 29.5 Å². The van der Waals surface area contributed by atoms with Crippen LogP contribution in [0.25, 0.3) is 11.0 Å². The van der Waals surface area contributed by atoms with E-state index in [-0.39, 0.29) is 11.9 Å². The van der Waals surface area contributed by atoms with Crippen molar-refractivity contribution in [1.82, 2.24) is 20.1 Å². The van der Waals surface area contributed by atoms with Crippen molar-refractivity contribution in [1.29, 1.82) is 0 Å². The fraction of sp³-hybridized carbons (Fsp3) is 0.208. The van der Waals surface area contributed by atoms with Gasteiger partial charge in [-0.15, -0.1) is 0 Å². The van der Waals surface area contributed by atoms with Gasteiger partial charge in [-0.3, -0.25) is 9.89 Å². The van der Waals surface area contributed by atoms with Crippen LogP contribution in [0.3, 0.4) is 0 Å². The number of nitrogens with one attached hydrogen (secondary N) is 2. The second-order valence-electron chi connectivity index (χ2n) is 7.69. The van der Waals surface area contributed by atoms with Gasteiger partial charge in [0.05, 0.1) is 0 Å². The van der Waals surface area contributed by atoms with E-state index in [1.165, 1.54) is 0 Å². The summed E-state index contributed by atoms with van der Waals surface area (Å²) < 4.78 is 12.0. The number of nitrogens with zero attached hydrogens (tertiary/aromatic N) is 3. The highest BCUT2D eigenvalue weighted by Crippen LogP contribution is 2.34. The zero-order chi connectivity index (χ0) is 21.9. The van der Waals surface area contributed by atoms with Crippen molar-refractivity contribution in [3.8, 4) is 23.0 Å². The van der Waals surface area contributed by atoms with E-state index in [1.807, 2.05) is 65.6 Å². The second-order valence-corrected chi connectivity index (χ2v) is 7.69. The van der Waals surface area contributed by atoms with Gasteiger partial charge in [0.25, 0.3) is 0 Å². The number of pyridine rings is 1. The number of para-hydroxylation sites is 1. The van der Waals surface area contributed by atoms with E-state index in [9.17, 15) is 4.79 Å². The molecule has 0 radical (unpaired) electrons. The van der Waals surface area contributed by atoms with E-state index in [1.54, 1.807) is 13.1 Å². The zero-order valence-corrected chi connectivity index (χ0v) is 17.6. The van der Waals surface area contributed by atoms with Crippen molar-refractivity contribution in [2.75, 3.05) is 18.4 Å². The largest absolute Gasteiger partial charge is 0.457 e. The summed E-state index contributed by atoms with van der Waals surface area (Å²) in [5.41, 5.74) is 0.635. The summed E-state index contributed by atoms with van der Waals surface area (Å²) in [4.78, 5) is 17.8. The minimum Gasteiger partial charge on any atom is -0.457 e. The summed E-state index contributed by atoms with van der Waals surface area (Å²) in [5.74, 6) is 3.58. The molecule has 3 heterocycles. The molecule has 5 rings (SSSR count). The molecule has 1 amide bonds. The molecule has 0 aliphatic carbocycles. The molecule has 1 aliphatic rings. The molecule has 0 bridgehead atoms. The molecule has 1 fully saturated rings. The summed E-state index contributed by atoms with van der Waals surface area (Å²) in [6.07, 6.45) is 2.55. The molecule has 32 heavy (non-hydrogen) atoms. The smallest absolute Gasteiger partial charge is 0.219 e. The number of hydrogen-bond donors (Lipinski definition) is 2. The first-order valence-electron chi connectivity index (χ1n) is 10.5. The summed E-state index contributed by atoms with van der Waals surface area (Å²) >= 11 is 0. The molecule has 2 N–H and O–H groups in total. The maximum Gasteiger partial charge on any atom is 0.219 e. The van der Waals surface area contributed by atoms with Crippen LogP contribution in [0.4, 0.5) is 5.82 Å². The Kier molecular flexibility index (Phi) is 5.33. The number of fused-ring (bicyclic) bond motifs is 1. The Hall–Kier alpha value is -4.07. The predicted octanol–water partition coefficient (Wildman–Crippen LogP) is 4.58. The van der Waals surface area contributed by atoms with E-state index in [4.69, 9.17) is 9.47 Å². The van der Waals surface area contributed by atoms with Crippen LogP contribution in [0.1, 0.15) is 13.3 Å². The molecule has 1 atom stereocenters. The summed E-state index contributed by atoms with van der Waals surface area (Å²) in [6.45, 7) is 3.00. The fourth-order valence-corrected chi connectivity index (χ4v) is 3.80. The van der Waals surface area contributed by atoms with Crippen molar-refractivity contribution < 1.29 is 14.3 Å². The van der Waals surface area contributed by atoms with Gasteiger partial charge in [-0.1, -0.05) is 18.2 Å². The van der Waals surface area contributed by atoms with Crippen LogP contribution < -0.4 is 14.8 Å². The van der Waals surface area contributed by atoms with Crippen LogP contribution in [0.2, 0.25) is 0 Å². The first-order chi connectivity index (χ1) is 15.7. The quantitative estimate of drug-likeness (QED) is 0.466. The molecular formula is C24H23N5O3. The molecule has 0 saturated carbocycles. The fourth-order valence-electron chi connectivity index (χ4n) is 3.80. The van der Waals surface area contributed by atoms with Crippen molar-refractivity contribution in [2.45, 2.75) is 19.4 Å². The number of aromatic nitrogens is 3. The number of H-pyrrole nitrogens is 1. The van der Waals surface area contributed by atoms with Gasteiger partial charge in [-0.2, -0.15) is 5.10 Å². The second kappa shape index (κ2) is 8.58. The Morgan fingerprint density at radius 1 is 1.03 bits per heavy atom. The number of benzene rings is 2. The van der Waals surface area contributed by atoms with Crippen molar-refractivity contribution in [3.05, 3.63) is 66.9 Å². The normalized spacial score (nSPS) is 15.7. The van der Waals surface area contributed by atoms with Gasteiger partial charge >= 0.3 is 0 Å². The molecule has 2 aromatic heterocycles. The number of carbonyl (C=O) groups is 1. The molecule has 8 nitrogen and oxygen atoms in total. The highest BCUT2D eigenvalue weighted by molar-refractivity contribution is 5.93. The first-order valence-corrected chi connectivity index (χ1v) is 10.5. The van der Waals surface area contributed by atoms with E-state index < -0.39 is 0 Å². The monoisotopic (exact) mass is 429 g/mol. The third kappa shape index (κ3) is 4.20. The summed E-state index contributed by atoms with van der Waals surface area (Å²) in [6, 6.07) is 19.0. The number of hydrogen-bond acceptors (Lipinski definition) is 6. The molecule has 4 aromatic rings. The molecule has 1 saturated heterocycles. The van der Waals surface area contributed by atoms with Crippen molar-refractivity contribution in [3.63, 3.8) is 0 Å². The number of rotatable bonds is 6. The summed E-state index contributed by atoms with van der Waals surface area (Å²) in [5, 5.41) is 11.6. The Balaban J connectivity index is 1.33. The van der Waals surface area contributed by atoms with Crippen LogP contribution >= 0.6 is 0 Å². The number of aromatic amines is 1. The predicted molar refractivity (Wildman–Crippen MR) is 121 cm³/mol. The SMILES string of the molecule is CC(=O)N1CCC(Nc2n[nH]c3nccc(Oc4ccc(Oc5ccccc5)cc4)c23)C1. The lowest BCUT2D eigenvalue weighted by Crippen LogP contribution is -2.29. The number of likely N-dealkylation sites (tertiary alicyclic amines) is 1. The average molecular weight is 429 g/mol. The number of ether oxygens (including phenoxy) is 2. The highest BCUT2D eigenvalue weighted by atomic mass is 16.5. The maximum atomic E-state index is 11.6.